The zero-order chi connectivity index (χ0) is 8.65. The molecule has 0 amide bonds. The lowest BCUT2D eigenvalue weighted by atomic mass is 10.2. The van der Waals surface area contributed by atoms with Gasteiger partial charge in [0.15, 0.2) is 0 Å². The van der Waals surface area contributed by atoms with Gasteiger partial charge in [-0.1, -0.05) is 13.3 Å². The Balaban J connectivity index is 2.65. The maximum atomic E-state index is 11.0. The van der Waals surface area contributed by atoms with Crippen molar-refractivity contribution in [1.82, 2.24) is 0 Å². The van der Waals surface area contributed by atoms with Gasteiger partial charge in [0.05, 0.1) is 7.11 Å². The number of hydrogen-bond donors (Lipinski definition) is 1. The molecule has 1 fully saturated rings. The molecule has 1 saturated carbocycles. The van der Waals surface area contributed by atoms with Crippen LogP contribution in [0.4, 0.5) is 0 Å². The second-order valence-corrected chi connectivity index (χ2v) is 2.61. The third kappa shape index (κ3) is 0.904. The van der Waals surface area contributed by atoms with E-state index in [1.54, 1.807) is 0 Å². The first-order valence-electron chi connectivity index (χ1n) is 3.96. The van der Waals surface area contributed by atoms with Crippen molar-refractivity contribution < 1.29 is 10.9 Å². The Bertz CT molecular complexity index is 185. The van der Waals surface area contributed by atoms with Gasteiger partial charge < -0.3 is 10.5 Å². The fraction of sp³-hybridized carbons (Fsp3) is 0.857. The van der Waals surface area contributed by atoms with Gasteiger partial charge in [-0.05, 0) is 12.3 Å². The van der Waals surface area contributed by atoms with Crippen LogP contribution in [0.25, 0.3) is 0 Å². The van der Waals surface area contributed by atoms with Crippen LogP contribution in [0.3, 0.4) is 0 Å². The van der Waals surface area contributed by atoms with Crippen LogP contribution in [0.1, 0.15) is 21.1 Å². The summed E-state index contributed by atoms with van der Waals surface area (Å²) >= 11 is 0. The fourth-order valence-electron chi connectivity index (χ4n) is 1.14. The smallest absolute Gasteiger partial charge is 0.326 e. The summed E-state index contributed by atoms with van der Waals surface area (Å²) in [6.45, 7) is 1.92. The summed E-state index contributed by atoms with van der Waals surface area (Å²) in [5, 5.41) is 0. The van der Waals surface area contributed by atoms with Crippen LogP contribution in [0.15, 0.2) is 0 Å². The maximum Gasteiger partial charge on any atom is 0.326 e. The topological polar surface area (TPSA) is 52.3 Å². The quantitative estimate of drug-likeness (QED) is 0.566. The Labute approximate surface area is 61.9 Å². The molecule has 0 heterocycles. The van der Waals surface area contributed by atoms with E-state index in [4.69, 9.17) is 7.10 Å². The molecule has 1 aliphatic rings. The molecule has 3 heteroatoms. The summed E-state index contributed by atoms with van der Waals surface area (Å²) in [4.78, 5) is 11.0. The minimum Gasteiger partial charge on any atom is -0.468 e. The van der Waals surface area contributed by atoms with Gasteiger partial charge in [0.1, 0.15) is 5.54 Å². The number of esters is 1. The van der Waals surface area contributed by atoms with E-state index in [0.717, 1.165) is 6.42 Å². The molecule has 10 heavy (non-hydrogen) atoms. The highest BCUT2D eigenvalue weighted by atomic mass is 16.5. The van der Waals surface area contributed by atoms with Gasteiger partial charge in [0.2, 0.25) is 0 Å². The molecule has 58 valence electrons. The molecule has 0 aromatic heterocycles. The molecule has 0 radical (unpaired) electrons. The molecular formula is C7H13NO2. The lowest BCUT2D eigenvalue weighted by Gasteiger charge is -2.06. The summed E-state index contributed by atoms with van der Waals surface area (Å²) in [7, 11) is 1.30. The molecule has 0 bridgehead atoms. The van der Waals surface area contributed by atoms with E-state index < -0.39 is 17.9 Å². The molecule has 0 aliphatic heterocycles. The number of ether oxygens (including phenoxy) is 1. The van der Waals surface area contributed by atoms with E-state index in [2.05, 4.69) is 4.74 Å². The van der Waals surface area contributed by atoms with E-state index in [-0.39, 0.29) is 5.92 Å². The van der Waals surface area contributed by atoms with Crippen molar-refractivity contribution in [2.45, 2.75) is 25.3 Å². The molecule has 1 rings (SSSR count). The third-order valence-corrected chi connectivity index (χ3v) is 1.96. The predicted molar refractivity (Wildman–Crippen MR) is 37.3 cm³/mol. The molecule has 0 aromatic carbocycles. The standard InChI is InChI=1S/C7H13NO2/c1-3-5-4-7(5,8)6(9)10-2/h5H,3-4,8H2,1-2H3/t5-,7-/m0/s1/i4D/t4-,5+,7+/m1. The van der Waals surface area contributed by atoms with Crippen LogP contribution in [-0.4, -0.2) is 18.6 Å². The monoisotopic (exact) mass is 144 g/mol. The van der Waals surface area contributed by atoms with Crippen LogP contribution < -0.4 is 5.73 Å². The van der Waals surface area contributed by atoms with Gasteiger partial charge >= 0.3 is 5.97 Å². The second-order valence-electron chi connectivity index (χ2n) is 2.61. The van der Waals surface area contributed by atoms with Gasteiger partial charge in [0.25, 0.3) is 0 Å². The van der Waals surface area contributed by atoms with Gasteiger partial charge in [-0.3, -0.25) is 4.79 Å². The van der Waals surface area contributed by atoms with Crippen LogP contribution in [0.2, 0.25) is 0 Å². The minimum absolute atomic E-state index is 0.0186. The van der Waals surface area contributed by atoms with E-state index in [9.17, 15) is 4.79 Å². The van der Waals surface area contributed by atoms with Gasteiger partial charge in [-0.2, -0.15) is 0 Å². The first kappa shape index (κ1) is 6.16. The normalized spacial score (nSPS) is 46.1. The van der Waals surface area contributed by atoms with E-state index in [1.807, 2.05) is 6.92 Å². The molecule has 0 spiro atoms. The molecule has 3 nitrogen and oxygen atoms in total. The Morgan fingerprint density at radius 3 is 3.00 bits per heavy atom. The van der Waals surface area contributed by atoms with Crippen LogP contribution in [0.5, 0.6) is 0 Å². The van der Waals surface area contributed by atoms with Gasteiger partial charge in [-0.15, -0.1) is 0 Å². The largest absolute Gasteiger partial charge is 0.468 e. The third-order valence-electron chi connectivity index (χ3n) is 1.96. The maximum absolute atomic E-state index is 11.0. The lowest BCUT2D eigenvalue weighted by molar-refractivity contribution is -0.143. The van der Waals surface area contributed by atoms with Crippen molar-refractivity contribution in [3.05, 3.63) is 0 Å². The molecule has 0 saturated heterocycles. The lowest BCUT2D eigenvalue weighted by Crippen LogP contribution is -2.36. The van der Waals surface area contributed by atoms with Gasteiger partial charge in [-0.25, -0.2) is 0 Å². The summed E-state index contributed by atoms with van der Waals surface area (Å²) in [6.07, 6.45) is 0.291. The molecule has 0 unspecified atom stereocenters. The predicted octanol–water partition coefficient (Wildman–Crippen LogP) is 0.287. The highest BCUT2D eigenvalue weighted by Crippen LogP contribution is 2.43. The Hall–Kier alpha value is -0.570. The zero-order valence-corrected chi connectivity index (χ0v) is 6.26. The van der Waals surface area contributed by atoms with Crippen molar-refractivity contribution in [3.8, 4) is 0 Å². The molecule has 1 aliphatic carbocycles. The molecule has 3 atom stereocenters. The average molecular weight is 144 g/mol. The van der Waals surface area contributed by atoms with Crippen molar-refractivity contribution in [2.75, 3.05) is 7.11 Å². The van der Waals surface area contributed by atoms with E-state index in [0.29, 0.717) is 0 Å². The number of carbonyl (C=O) groups excluding carboxylic acids is 1. The van der Waals surface area contributed by atoms with Crippen molar-refractivity contribution in [3.63, 3.8) is 0 Å². The van der Waals surface area contributed by atoms with Crippen LogP contribution in [-0.2, 0) is 9.53 Å². The summed E-state index contributed by atoms with van der Waals surface area (Å²) in [5.74, 6) is -0.473. The van der Waals surface area contributed by atoms with Crippen LogP contribution in [0, 0.1) is 5.92 Å². The number of hydrogen-bond acceptors (Lipinski definition) is 3. The fourth-order valence-corrected chi connectivity index (χ4v) is 1.14. The highest BCUT2D eigenvalue weighted by molar-refractivity contribution is 5.84. The Morgan fingerprint density at radius 1 is 2.10 bits per heavy atom. The first-order chi connectivity index (χ1) is 5.08. The van der Waals surface area contributed by atoms with E-state index in [1.165, 1.54) is 7.11 Å². The highest BCUT2D eigenvalue weighted by Gasteiger charge is 2.56. The number of rotatable bonds is 2. The Kier molecular flexibility index (Phi) is 1.38. The molecule has 0 aromatic rings. The van der Waals surface area contributed by atoms with Gasteiger partial charge in [0, 0.05) is 1.37 Å². The Morgan fingerprint density at radius 2 is 2.70 bits per heavy atom. The SMILES string of the molecule is [2H][C@@H]1[C@H](CC)[C@]1(N)C(=O)OC. The summed E-state index contributed by atoms with van der Waals surface area (Å²) < 4.78 is 11.9. The molecule has 2 N–H and O–H groups in total. The average Bonchev–Trinajstić information content (AvgIpc) is 2.54. The molecular weight excluding hydrogens is 130 g/mol. The summed E-state index contributed by atoms with van der Waals surface area (Å²) in [5.41, 5.74) is 4.63. The van der Waals surface area contributed by atoms with Crippen LogP contribution >= 0.6 is 0 Å². The minimum atomic E-state index is -1.01. The second kappa shape index (κ2) is 2.23. The summed E-state index contributed by atoms with van der Waals surface area (Å²) in [6, 6.07) is 0. The number of methoxy groups -OCH3 is 1. The number of carbonyl (C=O) groups is 1. The number of nitrogens with two attached hydrogens (primary N) is 1. The van der Waals surface area contributed by atoms with E-state index >= 15 is 0 Å². The van der Waals surface area contributed by atoms with Crippen molar-refractivity contribution >= 4 is 5.97 Å². The van der Waals surface area contributed by atoms with Crippen molar-refractivity contribution in [2.24, 2.45) is 11.7 Å². The first-order valence-corrected chi connectivity index (χ1v) is 3.38. The van der Waals surface area contributed by atoms with Crippen molar-refractivity contribution in [1.29, 1.82) is 0 Å². The zero-order valence-electron chi connectivity index (χ0n) is 7.26.